The minimum atomic E-state index is 0.517. The van der Waals surface area contributed by atoms with Gasteiger partial charge in [-0.3, -0.25) is 0 Å². The van der Waals surface area contributed by atoms with Gasteiger partial charge in [0, 0.05) is 6.61 Å². The predicted octanol–water partition coefficient (Wildman–Crippen LogP) is 2.21. The summed E-state index contributed by atoms with van der Waals surface area (Å²) < 4.78 is 5.45. The van der Waals surface area contributed by atoms with Crippen LogP contribution < -0.4 is 0 Å². The van der Waals surface area contributed by atoms with Crippen LogP contribution in [0.4, 0.5) is 0 Å². The number of hydrogen-bond donors (Lipinski definition) is 0. The van der Waals surface area contributed by atoms with E-state index < -0.39 is 0 Å². The normalized spacial score (nSPS) is 23.3. The molecule has 54 valence electrons. The van der Waals surface area contributed by atoms with Crippen LogP contribution in [0.2, 0.25) is 0 Å². The van der Waals surface area contributed by atoms with E-state index in [1.807, 2.05) is 0 Å². The van der Waals surface area contributed by atoms with Crippen LogP contribution in [0.15, 0.2) is 0 Å². The molecule has 1 aliphatic carbocycles. The lowest BCUT2D eigenvalue weighted by molar-refractivity contribution is 0.00537. The first-order valence-electron chi connectivity index (χ1n) is 3.96. The molecule has 0 heterocycles. The molecule has 0 aliphatic heterocycles. The van der Waals surface area contributed by atoms with Crippen molar-refractivity contribution < 1.29 is 4.74 Å². The van der Waals surface area contributed by atoms with Gasteiger partial charge in [-0.1, -0.05) is 6.42 Å². The molecule has 0 saturated heterocycles. The lowest BCUT2D eigenvalue weighted by atomic mass is 9.82. The van der Waals surface area contributed by atoms with Crippen LogP contribution in [0, 0.1) is 5.92 Å². The Morgan fingerprint density at radius 1 is 1.56 bits per heavy atom. The molecule has 9 heavy (non-hydrogen) atoms. The first kappa shape index (κ1) is 7.07. The lowest BCUT2D eigenvalue weighted by Gasteiger charge is -2.30. The fourth-order valence-corrected chi connectivity index (χ4v) is 1.31. The van der Waals surface area contributed by atoms with Crippen molar-refractivity contribution in [2.45, 2.75) is 39.2 Å². The zero-order valence-electron chi connectivity index (χ0n) is 6.39. The fraction of sp³-hybridized carbons (Fsp3) is 1.00. The third-order valence-corrected chi connectivity index (χ3v) is 2.24. The van der Waals surface area contributed by atoms with Gasteiger partial charge in [0.15, 0.2) is 0 Å². The van der Waals surface area contributed by atoms with Crippen LogP contribution >= 0.6 is 0 Å². The van der Waals surface area contributed by atoms with Crippen molar-refractivity contribution in [2.24, 2.45) is 5.92 Å². The minimum Gasteiger partial charge on any atom is -0.379 e. The smallest absolute Gasteiger partial charge is 0.0575 e. The second-order valence-electron chi connectivity index (χ2n) is 2.85. The second-order valence-corrected chi connectivity index (χ2v) is 2.85. The molecule has 0 aromatic heterocycles. The molecule has 1 heteroatoms. The van der Waals surface area contributed by atoms with Gasteiger partial charge in [-0.25, -0.2) is 0 Å². The molecule has 0 spiro atoms. The van der Waals surface area contributed by atoms with Gasteiger partial charge in [-0.05, 0) is 32.6 Å². The molecule has 0 bridgehead atoms. The average Bonchev–Trinajstić information content (AvgIpc) is 1.60. The van der Waals surface area contributed by atoms with E-state index in [0.29, 0.717) is 6.10 Å². The molecule has 0 amide bonds. The maximum absolute atomic E-state index is 5.45. The first-order valence-corrected chi connectivity index (χ1v) is 3.96. The molecule has 0 N–H and O–H groups in total. The first-order chi connectivity index (χ1) is 4.34. The summed E-state index contributed by atoms with van der Waals surface area (Å²) in [7, 11) is 0. The molecule has 1 saturated carbocycles. The molecule has 1 nitrogen and oxygen atoms in total. The second kappa shape index (κ2) is 3.21. The highest BCUT2D eigenvalue weighted by Crippen LogP contribution is 2.30. The van der Waals surface area contributed by atoms with Crippen molar-refractivity contribution in [2.75, 3.05) is 6.61 Å². The van der Waals surface area contributed by atoms with E-state index in [4.69, 9.17) is 4.74 Å². The molecule has 0 aromatic carbocycles. The van der Waals surface area contributed by atoms with E-state index >= 15 is 0 Å². The SMILES string of the molecule is CCOC(C)C1CCC1. The quantitative estimate of drug-likeness (QED) is 0.566. The monoisotopic (exact) mass is 128 g/mol. The topological polar surface area (TPSA) is 9.23 Å². The van der Waals surface area contributed by atoms with Crippen molar-refractivity contribution in [1.82, 2.24) is 0 Å². The Labute approximate surface area is 57.4 Å². The van der Waals surface area contributed by atoms with E-state index in [0.717, 1.165) is 12.5 Å². The highest BCUT2D eigenvalue weighted by Gasteiger charge is 2.23. The Bertz CT molecular complexity index is 76.6. The van der Waals surface area contributed by atoms with Gasteiger partial charge in [0.25, 0.3) is 0 Å². The maximum atomic E-state index is 5.45. The third kappa shape index (κ3) is 1.68. The molecule has 0 radical (unpaired) electrons. The van der Waals surface area contributed by atoms with Gasteiger partial charge in [0.1, 0.15) is 0 Å². The minimum absolute atomic E-state index is 0.517. The van der Waals surface area contributed by atoms with Crippen LogP contribution in [-0.4, -0.2) is 12.7 Å². The van der Waals surface area contributed by atoms with Crippen molar-refractivity contribution in [3.8, 4) is 0 Å². The summed E-state index contributed by atoms with van der Waals surface area (Å²) in [5.74, 6) is 0.880. The summed E-state index contributed by atoms with van der Waals surface area (Å²) in [5, 5.41) is 0. The van der Waals surface area contributed by atoms with Gasteiger partial charge in [0.2, 0.25) is 0 Å². The number of ether oxygens (including phenoxy) is 1. The zero-order chi connectivity index (χ0) is 6.69. The van der Waals surface area contributed by atoms with E-state index in [2.05, 4.69) is 13.8 Å². The van der Waals surface area contributed by atoms with Crippen LogP contribution in [0.3, 0.4) is 0 Å². The Hall–Kier alpha value is -0.0400. The Kier molecular flexibility index (Phi) is 2.52. The van der Waals surface area contributed by atoms with Crippen molar-refractivity contribution in [1.29, 1.82) is 0 Å². The molecule has 1 fully saturated rings. The van der Waals surface area contributed by atoms with Gasteiger partial charge < -0.3 is 4.74 Å². The Balaban J connectivity index is 2.08. The van der Waals surface area contributed by atoms with Gasteiger partial charge in [-0.2, -0.15) is 0 Å². The molecule has 1 rings (SSSR count). The summed E-state index contributed by atoms with van der Waals surface area (Å²) in [6.45, 7) is 5.13. The number of hydrogen-bond acceptors (Lipinski definition) is 1. The highest BCUT2D eigenvalue weighted by atomic mass is 16.5. The third-order valence-electron chi connectivity index (χ3n) is 2.24. The zero-order valence-corrected chi connectivity index (χ0v) is 6.39. The Morgan fingerprint density at radius 3 is 2.56 bits per heavy atom. The van der Waals surface area contributed by atoms with Gasteiger partial charge >= 0.3 is 0 Å². The van der Waals surface area contributed by atoms with Gasteiger partial charge in [0.05, 0.1) is 6.10 Å². The number of rotatable bonds is 3. The average molecular weight is 128 g/mol. The standard InChI is InChI=1S/C8H16O/c1-3-9-7(2)8-5-4-6-8/h7-8H,3-6H2,1-2H3. The van der Waals surface area contributed by atoms with Crippen molar-refractivity contribution in [3.63, 3.8) is 0 Å². The van der Waals surface area contributed by atoms with Crippen LogP contribution in [-0.2, 0) is 4.74 Å². The van der Waals surface area contributed by atoms with Crippen LogP contribution in [0.25, 0.3) is 0 Å². The van der Waals surface area contributed by atoms with Gasteiger partial charge in [-0.15, -0.1) is 0 Å². The summed E-state index contributed by atoms with van der Waals surface area (Å²) in [5.41, 5.74) is 0. The Morgan fingerprint density at radius 2 is 2.22 bits per heavy atom. The molecule has 0 aromatic rings. The lowest BCUT2D eigenvalue weighted by Crippen LogP contribution is -2.26. The van der Waals surface area contributed by atoms with E-state index in [1.165, 1.54) is 19.3 Å². The fourth-order valence-electron chi connectivity index (χ4n) is 1.31. The molecule has 1 aliphatic rings. The molecular weight excluding hydrogens is 112 g/mol. The molecular formula is C8H16O. The van der Waals surface area contributed by atoms with E-state index in [1.54, 1.807) is 0 Å². The molecule has 1 atom stereocenters. The van der Waals surface area contributed by atoms with E-state index in [9.17, 15) is 0 Å². The van der Waals surface area contributed by atoms with Crippen molar-refractivity contribution in [3.05, 3.63) is 0 Å². The van der Waals surface area contributed by atoms with Crippen LogP contribution in [0.5, 0.6) is 0 Å². The predicted molar refractivity (Wildman–Crippen MR) is 38.4 cm³/mol. The summed E-state index contributed by atoms with van der Waals surface area (Å²) in [4.78, 5) is 0. The largest absolute Gasteiger partial charge is 0.379 e. The molecule has 1 unspecified atom stereocenters. The van der Waals surface area contributed by atoms with Crippen molar-refractivity contribution >= 4 is 0 Å². The van der Waals surface area contributed by atoms with E-state index in [-0.39, 0.29) is 0 Å². The highest BCUT2D eigenvalue weighted by molar-refractivity contribution is 4.74. The summed E-state index contributed by atoms with van der Waals surface area (Å²) in [6, 6.07) is 0. The summed E-state index contributed by atoms with van der Waals surface area (Å²) >= 11 is 0. The summed E-state index contributed by atoms with van der Waals surface area (Å²) in [6.07, 6.45) is 4.72. The van der Waals surface area contributed by atoms with Crippen LogP contribution in [0.1, 0.15) is 33.1 Å². The maximum Gasteiger partial charge on any atom is 0.0575 e.